The molecule has 1 aliphatic heterocycles. The van der Waals surface area contributed by atoms with Crippen molar-refractivity contribution in [3.63, 3.8) is 0 Å². The second kappa shape index (κ2) is 8.34. The molecule has 2 N–H and O–H groups in total. The Balaban J connectivity index is 1.56. The van der Waals surface area contributed by atoms with Gasteiger partial charge in [-0.2, -0.15) is 0 Å². The molecule has 0 unspecified atom stereocenters. The van der Waals surface area contributed by atoms with E-state index < -0.39 is 0 Å². The summed E-state index contributed by atoms with van der Waals surface area (Å²) in [5.41, 5.74) is 3.14. The molecule has 2 aromatic heterocycles. The van der Waals surface area contributed by atoms with Gasteiger partial charge in [-0.3, -0.25) is 4.98 Å². The number of nitrogens with zero attached hydrogens (tertiary/aromatic N) is 4. The molecule has 0 spiro atoms. The minimum absolute atomic E-state index is 0.186. The number of aromatic amines is 1. The maximum Gasteiger partial charge on any atom is 0.334 e. The molecule has 5 rings (SSSR count). The summed E-state index contributed by atoms with van der Waals surface area (Å²) in [6.45, 7) is 5.80. The summed E-state index contributed by atoms with van der Waals surface area (Å²) in [5.74, 6) is 2.40. The predicted octanol–water partition coefficient (Wildman–Crippen LogP) is 2.86. The van der Waals surface area contributed by atoms with Crippen LogP contribution in [-0.4, -0.2) is 52.6 Å². The summed E-state index contributed by atoms with van der Waals surface area (Å²) in [6.07, 6.45) is 5.82. The summed E-state index contributed by atoms with van der Waals surface area (Å²) < 4.78 is 7.36. The Kier molecular flexibility index (Phi) is 5.40. The summed E-state index contributed by atoms with van der Waals surface area (Å²) in [7, 11) is 1.66. The largest absolute Gasteiger partial charge is 0.496 e. The van der Waals surface area contributed by atoms with E-state index in [4.69, 9.17) is 14.7 Å². The maximum atomic E-state index is 13.1. The fourth-order valence-corrected chi connectivity index (χ4v) is 4.92. The molecule has 0 bridgehead atoms. The smallest absolute Gasteiger partial charge is 0.334 e. The minimum atomic E-state index is -0.186. The van der Waals surface area contributed by atoms with Gasteiger partial charge in [-0.25, -0.2) is 19.2 Å². The van der Waals surface area contributed by atoms with Crippen LogP contribution in [0.1, 0.15) is 49.5 Å². The van der Waals surface area contributed by atoms with Gasteiger partial charge in [-0.15, -0.1) is 0 Å². The molecule has 164 valence electrons. The number of ether oxygens (including phenoxy) is 1. The van der Waals surface area contributed by atoms with Crippen molar-refractivity contribution < 1.29 is 4.74 Å². The average molecular weight is 423 g/mol. The number of rotatable bonds is 4. The molecule has 0 amide bonds. The molecule has 8 nitrogen and oxygen atoms in total. The van der Waals surface area contributed by atoms with E-state index in [-0.39, 0.29) is 5.69 Å². The van der Waals surface area contributed by atoms with E-state index in [9.17, 15) is 4.79 Å². The number of nitrogens with one attached hydrogen (secondary N) is 2. The number of aromatic nitrogens is 4. The number of hydrogen-bond donors (Lipinski definition) is 2. The molecule has 8 heteroatoms. The van der Waals surface area contributed by atoms with E-state index in [1.54, 1.807) is 11.5 Å². The number of anilines is 1. The first-order valence-electron chi connectivity index (χ1n) is 11.3. The van der Waals surface area contributed by atoms with Gasteiger partial charge in [-0.05, 0) is 31.9 Å². The first-order valence-corrected chi connectivity index (χ1v) is 11.3. The topological polar surface area (TPSA) is 87.5 Å². The number of aryl methyl sites for hydroxylation is 1. The molecule has 1 saturated carbocycles. The van der Waals surface area contributed by atoms with Crippen molar-refractivity contribution in [3.8, 4) is 17.1 Å². The van der Waals surface area contributed by atoms with Crippen molar-refractivity contribution in [2.24, 2.45) is 0 Å². The van der Waals surface area contributed by atoms with E-state index in [2.05, 4.69) is 21.3 Å². The average Bonchev–Trinajstić information content (AvgIpc) is 3.16. The molecular weight excluding hydrogens is 392 g/mol. The quantitative estimate of drug-likeness (QED) is 0.672. The van der Waals surface area contributed by atoms with E-state index >= 15 is 0 Å². The second-order valence-electron chi connectivity index (χ2n) is 8.56. The normalized spacial score (nSPS) is 17.9. The van der Waals surface area contributed by atoms with Gasteiger partial charge in [0, 0.05) is 43.9 Å². The Labute approximate surface area is 181 Å². The highest BCUT2D eigenvalue weighted by molar-refractivity contribution is 5.70. The Morgan fingerprint density at radius 1 is 1.10 bits per heavy atom. The zero-order chi connectivity index (χ0) is 21.4. The van der Waals surface area contributed by atoms with Crippen LogP contribution in [0.2, 0.25) is 0 Å². The molecule has 3 heterocycles. The van der Waals surface area contributed by atoms with Crippen molar-refractivity contribution in [1.29, 1.82) is 0 Å². The highest BCUT2D eigenvalue weighted by atomic mass is 16.5. The molecule has 1 aliphatic carbocycles. The zero-order valence-electron chi connectivity index (χ0n) is 18.3. The van der Waals surface area contributed by atoms with Gasteiger partial charge in [0.1, 0.15) is 17.4 Å². The summed E-state index contributed by atoms with van der Waals surface area (Å²) in [4.78, 5) is 28.0. The predicted molar refractivity (Wildman–Crippen MR) is 121 cm³/mol. The van der Waals surface area contributed by atoms with Gasteiger partial charge in [-0.1, -0.05) is 19.3 Å². The van der Waals surface area contributed by atoms with Crippen LogP contribution in [0, 0.1) is 6.92 Å². The standard InChI is InChI=1S/C23H30N6O2/c1-15-21-26-20(27-23(30)29(21)22(25-15)16-6-4-3-5-7-16)18-9-8-17(14-19(18)31-2)28-12-10-24-11-13-28/h8-9,14,16,24H,3-7,10-13H2,1-2H3,(H,26,27,30). The Hall–Kier alpha value is -2.87. The number of imidazole rings is 1. The molecule has 0 atom stereocenters. The number of hydrogen-bond acceptors (Lipinski definition) is 6. The van der Waals surface area contributed by atoms with Gasteiger partial charge in [0.25, 0.3) is 0 Å². The molecule has 3 aromatic rings. The summed E-state index contributed by atoms with van der Waals surface area (Å²) in [6, 6.07) is 6.09. The van der Waals surface area contributed by atoms with Gasteiger partial charge in [0.05, 0.1) is 18.4 Å². The Morgan fingerprint density at radius 3 is 2.61 bits per heavy atom. The minimum Gasteiger partial charge on any atom is -0.496 e. The molecule has 2 fully saturated rings. The van der Waals surface area contributed by atoms with Gasteiger partial charge in [0.15, 0.2) is 5.65 Å². The highest BCUT2D eigenvalue weighted by Gasteiger charge is 2.24. The molecule has 0 radical (unpaired) electrons. The lowest BCUT2D eigenvalue weighted by molar-refractivity contribution is 0.416. The third-order valence-electron chi connectivity index (χ3n) is 6.59. The highest BCUT2D eigenvalue weighted by Crippen LogP contribution is 2.34. The lowest BCUT2D eigenvalue weighted by Crippen LogP contribution is -2.43. The number of piperazine rings is 1. The fourth-order valence-electron chi connectivity index (χ4n) is 4.92. The number of fused-ring (bicyclic) bond motifs is 1. The first kappa shape index (κ1) is 20.1. The molecular formula is C23H30N6O2. The molecule has 2 aliphatic rings. The van der Waals surface area contributed by atoms with Gasteiger partial charge in [0.2, 0.25) is 0 Å². The third kappa shape index (κ3) is 3.69. The van der Waals surface area contributed by atoms with Gasteiger partial charge < -0.3 is 15.0 Å². The van der Waals surface area contributed by atoms with Crippen molar-refractivity contribution in [2.45, 2.75) is 44.9 Å². The van der Waals surface area contributed by atoms with Crippen LogP contribution >= 0.6 is 0 Å². The number of H-pyrrole nitrogens is 1. The van der Waals surface area contributed by atoms with Crippen LogP contribution < -0.4 is 20.6 Å². The molecule has 1 aromatic carbocycles. The third-order valence-corrected chi connectivity index (χ3v) is 6.59. The summed E-state index contributed by atoms with van der Waals surface area (Å²) in [5, 5.41) is 3.37. The zero-order valence-corrected chi connectivity index (χ0v) is 18.3. The van der Waals surface area contributed by atoms with Crippen LogP contribution in [-0.2, 0) is 0 Å². The first-order chi connectivity index (χ1) is 15.2. The SMILES string of the molecule is COc1cc(N2CCNCC2)ccc1-c1nc2c(C)nc(C3CCCCC3)n2c(=O)[nH]1. The van der Waals surface area contributed by atoms with Crippen molar-refractivity contribution >= 4 is 11.3 Å². The molecule has 31 heavy (non-hydrogen) atoms. The lowest BCUT2D eigenvalue weighted by atomic mass is 9.89. The van der Waals surface area contributed by atoms with Crippen LogP contribution in [0.5, 0.6) is 5.75 Å². The Bertz CT molecular complexity index is 1140. The number of benzene rings is 1. The second-order valence-corrected chi connectivity index (χ2v) is 8.56. The summed E-state index contributed by atoms with van der Waals surface area (Å²) >= 11 is 0. The number of methoxy groups -OCH3 is 1. The van der Waals surface area contributed by atoms with E-state index in [0.29, 0.717) is 23.1 Å². The van der Waals surface area contributed by atoms with Crippen LogP contribution in [0.4, 0.5) is 5.69 Å². The van der Waals surface area contributed by atoms with Crippen molar-refractivity contribution in [1.82, 2.24) is 24.7 Å². The monoisotopic (exact) mass is 422 g/mol. The molecule has 1 saturated heterocycles. The van der Waals surface area contributed by atoms with Crippen LogP contribution in [0.3, 0.4) is 0 Å². The Morgan fingerprint density at radius 2 is 1.87 bits per heavy atom. The van der Waals surface area contributed by atoms with E-state index in [0.717, 1.165) is 61.8 Å². The maximum absolute atomic E-state index is 13.1. The van der Waals surface area contributed by atoms with E-state index in [1.165, 1.54) is 19.3 Å². The van der Waals surface area contributed by atoms with Crippen LogP contribution in [0.15, 0.2) is 23.0 Å². The lowest BCUT2D eigenvalue weighted by Gasteiger charge is -2.29. The van der Waals surface area contributed by atoms with Crippen LogP contribution in [0.25, 0.3) is 17.0 Å². The van der Waals surface area contributed by atoms with E-state index in [1.807, 2.05) is 19.1 Å². The van der Waals surface area contributed by atoms with Gasteiger partial charge >= 0.3 is 5.69 Å². The van der Waals surface area contributed by atoms with Crippen molar-refractivity contribution in [3.05, 3.63) is 40.2 Å². The van der Waals surface area contributed by atoms with Crippen molar-refractivity contribution in [2.75, 3.05) is 38.2 Å². The fraction of sp³-hybridized carbons (Fsp3) is 0.522.